The van der Waals surface area contributed by atoms with Crippen LogP contribution in [-0.2, 0) is 6.54 Å². The summed E-state index contributed by atoms with van der Waals surface area (Å²) in [6, 6.07) is 8.20. The highest BCUT2D eigenvalue weighted by molar-refractivity contribution is 6.17. The molecule has 0 fully saturated rings. The van der Waals surface area contributed by atoms with E-state index >= 15 is 0 Å². The highest BCUT2D eigenvalue weighted by atomic mass is 16.5. The number of carbonyl (C=O) groups is 1. The van der Waals surface area contributed by atoms with Crippen molar-refractivity contribution >= 4 is 27.5 Å². The van der Waals surface area contributed by atoms with Gasteiger partial charge in [0.25, 0.3) is 0 Å². The Kier molecular flexibility index (Phi) is 4.67. The second kappa shape index (κ2) is 7.34. The molecular formula is C25H28NO3+. The highest BCUT2D eigenvalue weighted by Gasteiger charge is 2.30. The summed E-state index contributed by atoms with van der Waals surface area (Å²) < 4.78 is 12.5. The fourth-order valence-electron chi connectivity index (χ4n) is 5.04. The molecule has 2 aromatic carbocycles. The van der Waals surface area contributed by atoms with Crippen LogP contribution in [0.2, 0.25) is 0 Å². The Hall–Kier alpha value is -2.59. The standard InChI is InChI=1S/C25H27NO3/c1-16(27)22-17(2)29-25-20-11-7-6-10-19(20)24-21(23(22)25)14-26(15-28-24)13-12-18-8-4-3-5-9-18/h6-8,10-11H,3-5,9,12-15H2,1-2H3/p+1. The van der Waals surface area contributed by atoms with Gasteiger partial charge in [-0.15, -0.1) is 0 Å². The molecule has 29 heavy (non-hydrogen) atoms. The van der Waals surface area contributed by atoms with Gasteiger partial charge < -0.3 is 9.15 Å². The quantitative estimate of drug-likeness (QED) is 0.518. The van der Waals surface area contributed by atoms with Crippen LogP contribution in [-0.4, -0.2) is 19.1 Å². The Morgan fingerprint density at radius 2 is 2.00 bits per heavy atom. The summed E-state index contributed by atoms with van der Waals surface area (Å²) in [5, 5.41) is 3.05. The number of hydrogen-bond donors (Lipinski definition) is 1. The second-order valence-electron chi connectivity index (χ2n) is 8.47. The molecule has 0 amide bonds. The van der Waals surface area contributed by atoms with E-state index in [1.807, 2.05) is 19.1 Å². The van der Waals surface area contributed by atoms with Gasteiger partial charge in [0.15, 0.2) is 5.78 Å². The summed E-state index contributed by atoms with van der Waals surface area (Å²) in [6.07, 6.45) is 8.69. The molecule has 1 atom stereocenters. The fourth-order valence-corrected chi connectivity index (χ4v) is 5.04. The number of Topliss-reactive ketones (excluding diaryl/α,β-unsaturated/α-hetero) is 1. The van der Waals surface area contributed by atoms with Crippen molar-refractivity contribution in [1.82, 2.24) is 0 Å². The lowest BCUT2D eigenvalue weighted by Gasteiger charge is -2.28. The number of allylic oxidation sites excluding steroid dienone is 1. The number of ketones is 1. The van der Waals surface area contributed by atoms with Crippen molar-refractivity contribution in [1.29, 1.82) is 0 Å². The molecule has 2 aliphatic rings. The van der Waals surface area contributed by atoms with Gasteiger partial charge in [-0.2, -0.15) is 0 Å². The van der Waals surface area contributed by atoms with E-state index in [1.165, 1.54) is 30.6 Å². The van der Waals surface area contributed by atoms with Crippen molar-refractivity contribution in [3.63, 3.8) is 0 Å². The molecule has 1 unspecified atom stereocenters. The van der Waals surface area contributed by atoms with Crippen LogP contribution in [0.3, 0.4) is 0 Å². The molecule has 0 radical (unpaired) electrons. The van der Waals surface area contributed by atoms with E-state index in [-0.39, 0.29) is 5.78 Å². The van der Waals surface area contributed by atoms with Gasteiger partial charge in [-0.05, 0) is 39.5 Å². The summed E-state index contributed by atoms with van der Waals surface area (Å²) in [4.78, 5) is 13.9. The SMILES string of the molecule is CC(=O)c1c(C)oc2c1c1c(c3ccccc32)OC[NH+](CCC2=CCCCC2)C1. The summed E-state index contributed by atoms with van der Waals surface area (Å²) in [5.74, 6) is 1.68. The predicted octanol–water partition coefficient (Wildman–Crippen LogP) is 4.72. The third-order valence-electron chi connectivity index (χ3n) is 6.46. The zero-order chi connectivity index (χ0) is 20.0. The number of fused-ring (bicyclic) bond motifs is 6. The Morgan fingerprint density at radius 3 is 2.76 bits per heavy atom. The van der Waals surface area contributed by atoms with E-state index in [1.54, 1.807) is 12.5 Å². The Morgan fingerprint density at radius 1 is 1.17 bits per heavy atom. The molecule has 1 N–H and O–H groups in total. The number of hydrogen-bond acceptors (Lipinski definition) is 3. The smallest absolute Gasteiger partial charge is 0.222 e. The van der Waals surface area contributed by atoms with Gasteiger partial charge in [0.05, 0.1) is 17.7 Å². The molecule has 4 heteroatoms. The minimum absolute atomic E-state index is 0.0539. The molecule has 5 rings (SSSR count). The van der Waals surface area contributed by atoms with Gasteiger partial charge in [-0.3, -0.25) is 9.69 Å². The molecule has 1 aromatic heterocycles. The predicted molar refractivity (Wildman–Crippen MR) is 115 cm³/mol. The maximum atomic E-state index is 12.5. The van der Waals surface area contributed by atoms with E-state index in [4.69, 9.17) is 9.15 Å². The van der Waals surface area contributed by atoms with Crippen molar-refractivity contribution in [2.45, 2.75) is 52.5 Å². The zero-order valence-corrected chi connectivity index (χ0v) is 17.3. The van der Waals surface area contributed by atoms with E-state index in [0.717, 1.165) is 52.6 Å². The van der Waals surface area contributed by atoms with Crippen LogP contribution in [0.1, 0.15) is 60.7 Å². The number of furan rings is 1. The van der Waals surface area contributed by atoms with Gasteiger partial charge in [0, 0.05) is 22.6 Å². The largest absolute Gasteiger partial charge is 0.460 e. The first-order valence-corrected chi connectivity index (χ1v) is 10.8. The minimum atomic E-state index is 0.0539. The number of rotatable bonds is 4. The maximum absolute atomic E-state index is 12.5. The molecule has 1 aliphatic heterocycles. The number of carbonyl (C=O) groups excluding carboxylic acids is 1. The highest BCUT2D eigenvalue weighted by Crippen LogP contribution is 2.42. The molecule has 0 bridgehead atoms. The van der Waals surface area contributed by atoms with Crippen molar-refractivity contribution in [3.8, 4) is 5.75 Å². The molecule has 3 aromatic rings. The van der Waals surface area contributed by atoms with Crippen LogP contribution in [0.5, 0.6) is 5.75 Å². The first kappa shape index (κ1) is 18.4. The van der Waals surface area contributed by atoms with Crippen LogP contribution < -0.4 is 9.64 Å². The minimum Gasteiger partial charge on any atom is -0.460 e. The van der Waals surface area contributed by atoms with E-state index in [0.29, 0.717) is 18.1 Å². The number of aryl methyl sites for hydroxylation is 1. The topological polar surface area (TPSA) is 43.9 Å². The molecule has 4 nitrogen and oxygen atoms in total. The van der Waals surface area contributed by atoms with Gasteiger partial charge in [-0.1, -0.05) is 35.9 Å². The van der Waals surface area contributed by atoms with Crippen LogP contribution in [0.25, 0.3) is 21.7 Å². The summed E-state index contributed by atoms with van der Waals surface area (Å²) >= 11 is 0. The molecule has 150 valence electrons. The van der Waals surface area contributed by atoms with Gasteiger partial charge in [0.1, 0.15) is 23.6 Å². The molecule has 1 aliphatic carbocycles. The first-order valence-electron chi connectivity index (χ1n) is 10.8. The number of ether oxygens (including phenoxy) is 1. The number of benzene rings is 2. The van der Waals surface area contributed by atoms with E-state index < -0.39 is 0 Å². The van der Waals surface area contributed by atoms with E-state index in [2.05, 4.69) is 18.2 Å². The van der Waals surface area contributed by atoms with Crippen LogP contribution in [0.15, 0.2) is 40.3 Å². The summed E-state index contributed by atoms with van der Waals surface area (Å²) in [5.41, 5.74) is 4.25. The van der Waals surface area contributed by atoms with Gasteiger partial charge >= 0.3 is 0 Å². The third-order valence-corrected chi connectivity index (χ3v) is 6.46. The lowest BCUT2D eigenvalue weighted by molar-refractivity contribution is -0.932. The Labute approximate surface area is 171 Å². The average molecular weight is 391 g/mol. The van der Waals surface area contributed by atoms with Crippen molar-refractivity contribution < 1.29 is 18.8 Å². The number of nitrogens with one attached hydrogen (secondary N) is 1. The molecular weight excluding hydrogens is 362 g/mol. The lowest BCUT2D eigenvalue weighted by atomic mass is 9.95. The fraction of sp³-hybridized carbons (Fsp3) is 0.400. The molecule has 0 saturated heterocycles. The molecule has 0 spiro atoms. The van der Waals surface area contributed by atoms with Crippen LogP contribution in [0, 0.1) is 6.92 Å². The molecule has 0 saturated carbocycles. The van der Waals surface area contributed by atoms with Crippen molar-refractivity contribution in [2.75, 3.05) is 13.3 Å². The van der Waals surface area contributed by atoms with Gasteiger partial charge in [-0.25, -0.2) is 0 Å². The van der Waals surface area contributed by atoms with Crippen LogP contribution in [0.4, 0.5) is 0 Å². The van der Waals surface area contributed by atoms with Crippen molar-refractivity contribution in [3.05, 3.63) is 52.8 Å². The van der Waals surface area contributed by atoms with E-state index in [9.17, 15) is 4.79 Å². The third kappa shape index (κ3) is 3.16. The van der Waals surface area contributed by atoms with Crippen molar-refractivity contribution in [2.24, 2.45) is 0 Å². The van der Waals surface area contributed by atoms with Gasteiger partial charge in [0.2, 0.25) is 6.73 Å². The second-order valence-corrected chi connectivity index (χ2v) is 8.47. The number of quaternary nitrogens is 1. The normalized spacial score (nSPS) is 19.1. The Balaban J connectivity index is 1.58. The lowest BCUT2D eigenvalue weighted by Crippen LogP contribution is -3.12. The average Bonchev–Trinajstić information content (AvgIpc) is 3.10. The Bertz CT molecular complexity index is 1140. The maximum Gasteiger partial charge on any atom is 0.222 e. The first-order chi connectivity index (χ1) is 14.1. The summed E-state index contributed by atoms with van der Waals surface area (Å²) in [6.45, 7) is 6.11. The summed E-state index contributed by atoms with van der Waals surface area (Å²) in [7, 11) is 0. The molecule has 2 heterocycles. The zero-order valence-electron chi connectivity index (χ0n) is 17.3. The van der Waals surface area contributed by atoms with Crippen LogP contribution >= 0.6 is 0 Å². The monoisotopic (exact) mass is 390 g/mol.